The lowest BCUT2D eigenvalue weighted by molar-refractivity contribution is 0.385. The number of halogens is 1. The molecule has 0 amide bonds. The second-order valence-electron chi connectivity index (χ2n) is 5.27. The van der Waals surface area contributed by atoms with Crippen molar-refractivity contribution in [1.29, 1.82) is 0 Å². The first-order valence-electron chi connectivity index (χ1n) is 6.67. The molecule has 0 spiro atoms. The van der Waals surface area contributed by atoms with Crippen LogP contribution in [0.15, 0.2) is 48.5 Å². The summed E-state index contributed by atoms with van der Waals surface area (Å²) in [6, 6.07) is 16.0. The average Bonchev–Trinajstić information content (AvgIpc) is 2.49. The summed E-state index contributed by atoms with van der Waals surface area (Å²) in [5, 5.41) is 0.750. The van der Waals surface area contributed by atoms with Crippen LogP contribution in [0.1, 0.15) is 18.1 Å². The standard InChI is InChI=1S/C17H20ClNO/c1-17(12-19,11-13-7-9-14(18)10-8-13)15-5-3-4-6-16(15)20-2/h3-10H,11-12,19H2,1-2H3. The van der Waals surface area contributed by atoms with Crippen molar-refractivity contribution in [2.24, 2.45) is 5.73 Å². The van der Waals surface area contributed by atoms with E-state index in [1.54, 1.807) is 7.11 Å². The molecular formula is C17H20ClNO. The van der Waals surface area contributed by atoms with E-state index in [0.717, 1.165) is 22.8 Å². The molecule has 2 aromatic carbocycles. The fourth-order valence-electron chi connectivity index (χ4n) is 2.47. The van der Waals surface area contributed by atoms with Crippen molar-refractivity contribution < 1.29 is 4.74 Å². The van der Waals surface area contributed by atoms with Crippen LogP contribution in [0.4, 0.5) is 0 Å². The normalized spacial score (nSPS) is 13.8. The van der Waals surface area contributed by atoms with Crippen molar-refractivity contribution in [1.82, 2.24) is 0 Å². The Morgan fingerprint density at radius 1 is 1.10 bits per heavy atom. The molecule has 0 saturated heterocycles. The van der Waals surface area contributed by atoms with Crippen LogP contribution in [-0.4, -0.2) is 13.7 Å². The molecule has 2 N–H and O–H groups in total. The van der Waals surface area contributed by atoms with E-state index >= 15 is 0 Å². The zero-order valence-corrected chi connectivity index (χ0v) is 12.7. The molecule has 2 rings (SSSR count). The Morgan fingerprint density at radius 2 is 1.75 bits per heavy atom. The number of hydrogen-bond acceptors (Lipinski definition) is 2. The van der Waals surface area contributed by atoms with Crippen LogP contribution in [0.3, 0.4) is 0 Å². The van der Waals surface area contributed by atoms with Gasteiger partial charge in [0.2, 0.25) is 0 Å². The molecule has 2 nitrogen and oxygen atoms in total. The van der Waals surface area contributed by atoms with Crippen molar-refractivity contribution in [3.8, 4) is 5.75 Å². The molecule has 1 unspecified atom stereocenters. The third-order valence-electron chi connectivity index (χ3n) is 3.72. The summed E-state index contributed by atoms with van der Waals surface area (Å²) < 4.78 is 5.47. The summed E-state index contributed by atoms with van der Waals surface area (Å²) in [6.45, 7) is 2.72. The number of benzene rings is 2. The van der Waals surface area contributed by atoms with Crippen molar-refractivity contribution in [3.05, 3.63) is 64.7 Å². The highest BCUT2D eigenvalue weighted by atomic mass is 35.5. The third kappa shape index (κ3) is 3.14. The summed E-state index contributed by atoms with van der Waals surface area (Å²) in [7, 11) is 1.69. The first-order valence-corrected chi connectivity index (χ1v) is 7.05. The number of hydrogen-bond donors (Lipinski definition) is 1. The van der Waals surface area contributed by atoms with Crippen LogP contribution in [-0.2, 0) is 11.8 Å². The van der Waals surface area contributed by atoms with Gasteiger partial charge in [-0.25, -0.2) is 0 Å². The van der Waals surface area contributed by atoms with Gasteiger partial charge < -0.3 is 10.5 Å². The summed E-state index contributed by atoms with van der Waals surface area (Å²) in [6.07, 6.45) is 0.848. The topological polar surface area (TPSA) is 35.2 Å². The molecule has 2 aromatic rings. The van der Waals surface area contributed by atoms with E-state index in [2.05, 4.69) is 13.0 Å². The van der Waals surface area contributed by atoms with E-state index in [9.17, 15) is 0 Å². The highest BCUT2D eigenvalue weighted by molar-refractivity contribution is 6.30. The fraction of sp³-hybridized carbons (Fsp3) is 0.294. The second-order valence-corrected chi connectivity index (χ2v) is 5.70. The molecule has 0 aromatic heterocycles. The van der Waals surface area contributed by atoms with Gasteiger partial charge in [0.15, 0.2) is 0 Å². The monoisotopic (exact) mass is 289 g/mol. The van der Waals surface area contributed by atoms with Gasteiger partial charge in [0.1, 0.15) is 5.75 Å². The number of ether oxygens (including phenoxy) is 1. The minimum atomic E-state index is -0.166. The lowest BCUT2D eigenvalue weighted by atomic mass is 9.77. The largest absolute Gasteiger partial charge is 0.496 e. The van der Waals surface area contributed by atoms with Crippen LogP contribution in [0, 0.1) is 0 Å². The Morgan fingerprint density at radius 3 is 2.35 bits per heavy atom. The lowest BCUT2D eigenvalue weighted by Crippen LogP contribution is -2.34. The number of para-hydroxylation sites is 1. The Bertz CT molecular complexity index is 567. The predicted molar refractivity (Wildman–Crippen MR) is 84.6 cm³/mol. The van der Waals surface area contributed by atoms with Gasteiger partial charge in [-0.15, -0.1) is 0 Å². The van der Waals surface area contributed by atoms with Crippen molar-refractivity contribution >= 4 is 11.6 Å². The molecule has 0 aliphatic carbocycles. The van der Waals surface area contributed by atoms with Crippen LogP contribution in [0.2, 0.25) is 5.02 Å². The number of methoxy groups -OCH3 is 1. The SMILES string of the molecule is COc1ccccc1C(C)(CN)Cc1ccc(Cl)cc1. The molecule has 0 fully saturated rings. The van der Waals surface area contributed by atoms with Crippen molar-refractivity contribution in [2.45, 2.75) is 18.8 Å². The molecular weight excluding hydrogens is 270 g/mol. The Kier molecular flexibility index (Phi) is 4.69. The minimum Gasteiger partial charge on any atom is -0.496 e. The zero-order chi connectivity index (χ0) is 14.6. The van der Waals surface area contributed by atoms with Crippen LogP contribution < -0.4 is 10.5 Å². The van der Waals surface area contributed by atoms with Gasteiger partial charge in [0.25, 0.3) is 0 Å². The zero-order valence-electron chi connectivity index (χ0n) is 11.9. The van der Waals surface area contributed by atoms with Gasteiger partial charge >= 0.3 is 0 Å². The van der Waals surface area contributed by atoms with Gasteiger partial charge in [-0.2, -0.15) is 0 Å². The Balaban J connectivity index is 2.35. The van der Waals surface area contributed by atoms with E-state index in [4.69, 9.17) is 22.1 Å². The summed E-state index contributed by atoms with van der Waals surface area (Å²) in [5.74, 6) is 0.884. The first-order chi connectivity index (χ1) is 9.59. The maximum Gasteiger partial charge on any atom is 0.122 e. The number of rotatable bonds is 5. The highest BCUT2D eigenvalue weighted by Crippen LogP contribution is 2.34. The Labute approximate surface area is 125 Å². The molecule has 106 valence electrons. The van der Waals surface area contributed by atoms with Crippen molar-refractivity contribution in [2.75, 3.05) is 13.7 Å². The average molecular weight is 290 g/mol. The highest BCUT2D eigenvalue weighted by Gasteiger charge is 2.28. The quantitative estimate of drug-likeness (QED) is 0.908. The second kappa shape index (κ2) is 6.29. The van der Waals surface area contributed by atoms with Gasteiger partial charge in [0.05, 0.1) is 7.11 Å². The Hall–Kier alpha value is -1.51. The van der Waals surface area contributed by atoms with E-state index in [1.807, 2.05) is 42.5 Å². The van der Waals surface area contributed by atoms with E-state index in [0.29, 0.717) is 6.54 Å². The van der Waals surface area contributed by atoms with Crippen molar-refractivity contribution in [3.63, 3.8) is 0 Å². The van der Waals surface area contributed by atoms with Crippen LogP contribution >= 0.6 is 11.6 Å². The van der Waals surface area contributed by atoms with Crippen LogP contribution in [0.25, 0.3) is 0 Å². The molecule has 0 aliphatic rings. The maximum atomic E-state index is 6.06. The molecule has 20 heavy (non-hydrogen) atoms. The molecule has 3 heteroatoms. The van der Waals surface area contributed by atoms with Gasteiger partial charge in [-0.3, -0.25) is 0 Å². The fourth-order valence-corrected chi connectivity index (χ4v) is 2.60. The first kappa shape index (κ1) is 14.9. The number of nitrogens with two attached hydrogens (primary N) is 1. The van der Waals surface area contributed by atoms with E-state index in [-0.39, 0.29) is 5.41 Å². The third-order valence-corrected chi connectivity index (χ3v) is 3.97. The van der Waals surface area contributed by atoms with Gasteiger partial charge in [-0.05, 0) is 30.2 Å². The summed E-state index contributed by atoms with van der Waals surface area (Å²) in [5.41, 5.74) is 8.25. The molecule has 0 aliphatic heterocycles. The van der Waals surface area contributed by atoms with E-state index < -0.39 is 0 Å². The molecule has 0 saturated carbocycles. The maximum absolute atomic E-state index is 6.06. The molecule has 1 atom stereocenters. The van der Waals surface area contributed by atoms with Crippen LogP contribution in [0.5, 0.6) is 5.75 Å². The van der Waals surface area contributed by atoms with E-state index in [1.165, 1.54) is 5.56 Å². The smallest absolute Gasteiger partial charge is 0.122 e. The van der Waals surface area contributed by atoms with Gasteiger partial charge in [-0.1, -0.05) is 48.9 Å². The molecule has 0 heterocycles. The molecule has 0 bridgehead atoms. The predicted octanol–water partition coefficient (Wildman–Crippen LogP) is 3.81. The molecule has 0 radical (unpaired) electrons. The lowest BCUT2D eigenvalue weighted by Gasteiger charge is -2.30. The minimum absolute atomic E-state index is 0.166. The summed E-state index contributed by atoms with van der Waals surface area (Å²) in [4.78, 5) is 0. The summed E-state index contributed by atoms with van der Waals surface area (Å²) >= 11 is 5.94. The van der Waals surface area contributed by atoms with Gasteiger partial charge in [0, 0.05) is 22.5 Å².